The molecule has 0 aliphatic carbocycles. The highest BCUT2D eigenvalue weighted by Crippen LogP contribution is 2.33. The summed E-state index contributed by atoms with van der Waals surface area (Å²) in [5, 5.41) is 0. The third-order valence-corrected chi connectivity index (χ3v) is 5.13. The Morgan fingerprint density at radius 1 is 1.57 bits per heavy atom. The van der Waals surface area contributed by atoms with Gasteiger partial charge in [-0.25, -0.2) is 0 Å². The number of halogens is 2. The van der Waals surface area contributed by atoms with Crippen LogP contribution < -0.4 is 0 Å². The van der Waals surface area contributed by atoms with Gasteiger partial charge in [0.1, 0.15) is 0 Å². The van der Waals surface area contributed by atoms with Crippen LogP contribution in [0.25, 0.3) is 0 Å². The second-order valence-electron chi connectivity index (χ2n) is 2.94. The second-order valence-corrected chi connectivity index (χ2v) is 6.16. The molecule has 0 N–H and O–H groups in total. The highest BCUT2D eigenvalue weighted by molar-refractivity contribution is 9.13. The van der Waals surface area contributed by atoms with Crippen LogP contribution in [-0.2, 0) is 0 Å². The minimum Gasteiger partial charge on any atom is -0.293 e. The molecule has 4 heteroatoms. The molecule has 1 aromatic heterocycles. The number of carbonyl (C=O) groups excluding carboxylic acids is 1. The molecule has 1 nitrogen and oxygen atoms in total. The van der Waals surface area contributed by atoms with Crippen molar-refractivity contribution >= 4 is 49.0 Å². The smallest absolute Gasteiger partial charge is 0.176 e. The van der Waals surface area contributed by atoms with E-state index in [0.717, 1.165) is 25.1 Å². The highest BCUT2D eigenvalue weighted by atomic mass is 79.9. The molecule has 0 bridgehead atoms. The third kappa shape index (κ3) is 3.04. The molecule has 76 valence electrons. The average Bonchev–Trinajstić information content (AvgIpc) is 2.47. The van der Waals surface area contributed by atoms with E-state index in [2.05, 4.69) is 38.4 Å². The number of Topliss-reactive ketones (excluding diaryl/α,β-unsaturated/α-hetero) is 1. The first-order chi connectivity index (χ1) is 6.54. The van der Waals surface area contributed by atoms with E-state index in [9.17, 15) is 4.79 Å². The summed E-state index contributed by atoms with van der Waals surface area (Å²) < 4.78 is 1.90. The van der Waals surface area contributed by atoms with Crippen molar-refractivity contribution in [3.05, 3.63) is 31.4 Å². The third-order valence-electron chi connectivity index (χ3n) is 1.83. The summed E-state index contributed by atoms with van der Waals surface area (Å²) in [6, 6.07) is 1.85. The zero-order chi connectivity index (χ0) is 10.7. The van der Waals surface area contributed by atoms with Gasteiger partial charge in [0.2, 0.25) is 0 Å². The standard InChI is InChI=1S/C10H10Br2OS/c1-3-6(2)4-8(13)9-5-7(11)10(12)14-9/h5H,2-4H2,1H3. The Labute approximate surface area is 104 Å². The van der Waals surface area contributed by atoms with E-state index in [1.54, 1.807) is 0 Å². The van der Waals surface area contributed by atoms with Crippen molar-refractivity contribution < 1.29 is 4.79 Å². The number of hydrogen-bond donors (Lipinski definition) is 0. The lowest BCUT2D eigenvalue weighted by Gasteiger charge is -1.98. The van der Waals surface area contributed by atoms with Crippen LogP contribution >= 0.6 is 43.2 Å². The van der Waals surface area contributed by atoms with Crippen LogP contribution in [0.3, 0.4) is 0 Å². The maximum absolute atomic E-state index is 11.7. The van der Waals surface area contributed by atoms with Gasteiger partial charge in [-0.15, -0.1) is 11.3 Å². The van der Waals surface area contributed by atoms with Gasteiger partial charge in [-0.3, -0.25) is 4.79 Å². The number of carbonyl (C=O) groups is 1. The van der Waals surface area contributed by atoms with Gasteiger partial charge in [0.25, 0.3) is 0 Å². The predicted octanol–water partition coefficient (Wildman–Crippen LogP) is 4.81. The van der Waals surface area contributed by atoms with E-state index in [-0.39, 0.29) is 5.78 Å². The Morgan fingerprint density at radius 3 is 2.64 bits per heavy atom. The van der Waals surface area contributed by atoms with Crippen molar-refractivity contribution in [3.8, 4) is 0 Å². The Balaban J connectivity index is 2.75. The van der Waals surface area contributed by atoms with Gasteiger partial charge in [0, 0.05) is 10.9 Å². The molecule has 1 rings (SSSR count). The molecular formula is C10H10Br2OS. The summed E-state index contributed by atoms with van der Waals surface area (Å²) in [5.41, 5.74) is 0.982. The monoisotopic (exact) mass is 336 g/mol. The molecule has 1 heterocycles. The number of thiophene rings is 1. The van der Waals surface area contributed by atoms with E-state index in [0.29, 0.717) is 6.42 Å². The number of rotatable bonds is 4. The van der Waals surface area contributed by atoms with Crippen LogP contribution in [0.1, 0.15) is 29.4 Å². The van der Waals surface area contributed by atoms with Crippen molar-refractivity contribution in [1.82, 2.24) is 0 Å². The molecule has 0 spiro atoms. The average molecular weight is 338 g/mol. The van der Waals surface area contributed by atoms with Crippen LogP contribution in [0, 0.1) is 0 Å². The summed E-state index contributed by atoms with van der Waals surface area (Å²) >= 11 is 8.18. The van der Waals surface area contributed by atoms with E-state index < -0.39 is 0 Å². The van der Waals surface area contributed by atoms with E-state index in [1.165, 1.54) is 11.3 Å². The van der Waals surface area contributed by atoms with Crippen LogP contribution in [0.4, 0.5) is 0 Å². The molecule has 0 unspecified atom stereocenters. The second kappa shape index (κ2) is 5.24. The van der Waals surface area contributed by atoms with Crippen molar-refractivity contribution in [1.29, 1.82) is 0 Å². The number of allylic oxidation sites excluding steroid dienone is 1. The predicted molar refractivity (Wildman–Crippen MR) is 68.1 cm³/mol. The fraction of sp³-hybridized carbons (Fsp3) is 0.300. The lowest BCUT2D eigenvalue weighted by molar-refractivity contribution is 0.0996. The zero-order valence-electron chi connectivity index (χ0n) is 7.77. The molecule has 0 atom stereocenters. The Morgan fingerprint density at radius 2 is 2.21 bits per heavy atom. The summed E-state index contributed by atoms with van der Waals surface area (Å²) in [5.74, 6) is 0.147. The first-order valence-corrected chi connectivity index (χ1v) is 6.59. The van der Waals surface area contributed by atoms with E-state index in [1.807, 2.05) is 13.0 Å². The lowest BCUT2D eigenvalue weighted by Crippen LogP contribution is -1.96. The molecule has 0 saturated carbocycles. The van der Waals surface area contributed by atoms with Crippen molar-refractivity contribution in [3.63, 3.8) is 0 Å². The molecule has 0 amide bonds. The molecule has 0 aliphatic heterocycles. The van der Waals surface area contributed by atoms with Crippen molar-refractivity contribution in [2.45, 2.75) is 19.8 Å². The fourth-order valence-electron chi connectivity index (χ4n) is 0.923. The normalized spacial score (nSPS) is 10.2. The molecule has 0 aliphatic rings. The maximum Gasteiger partial charge on any atom is 0.176 e. The minimum atomic E-state index is 0.147. The Kier molecular flexibility index (Phi) is 4.54. The maximum atomic E-state index is 11.7. The van der Waals surface area contributed by atoms with Gasteiger partial charge in [0.05, 0.1) is 8.66 Å². The summed E-state index contributed by atoms with van der Waals surface area (Å²) in [7, 11) is 0. The van der Waals surface area contributed by atoms with Gasteiger partial charge < -0.3 is 0 Å². The molecule has 0 aromatic carbocycles. The Bertz CT molecular complexity index is 349. The summed E-state index contributed by atoms with van der Waals surface area (Å²) in [4.78, 5) is 12.5. The first kappa shape index (κ1) is 12.1. The van der Waals surface area contributed by atoms with Gasteiger partial charge in [-0.2, -0.15) is 0 Å². The minimum absolute atomic E-state index is 0.147. The molecule has 0 radical (unpaired) electrons. The van der Waals surface area contributed by atoms with Gasteiger partial charge >= 0.3 is 0 Å². The lowest BCUT2D eigenvalue weighted by atomic mass is 10.1. The number of ketones is 1. The fourth-order valence-corrected chi connectivity index (χ4v) is 2.90. The quantitative estimate of drug-likeness (QED) is 0.569. The number of hydrogen-bond acceptors (Lipinski definition) is 2. The molecule has 0 saturated heterocycles. The van der Waals surface area contributed by atoms with Crippen LogP contribution in [0.5, 0.6) is 0 Å². The molecule has 14 heavy (non-hydrogen) atoms. The van der Waals surface area contributed by atoms with Gasteiger partial charge in [-0.05, 0) is 44.3 Å². The zero-order valence-corrected chi connectivity index (χ0v) is 11.8. The van der Waals surface area contributed by atoms with Gasteiger partial charge in [-0.1, -0.05) is 19.1 Å². The first-order valence-electron chi connectivity index (χ1n) is 4.19. The van der Waals surface area contributed by atoms with Crippen LogP contribution in [0.2, 0.25) is 0 Å². The van der Waals surface area contributed by atoms with Gasteiger partial charge in [0.15, 0.2) is 5.78 Å². The van der Waals surface area contributed by atoms with Crippen molar-refractivity contribution in [2.75, 3.05) is 0 Å². The van der Waals surface area contributed by atoms with E-state index >= 15 is 0 Å². The largest absolute Gasteiger partial charge is 0.293 e. The Hall–Kier alpha value is 0.0700. The SMILES string of the molecule is C=C(CC)CC(=O)c1cc(Br)c(Br)s1. The highest BCUT2D eigenvalue weighted by Gasteiger charge is 2.12. The topological polar surface area (TPSA) is 17.1 Å². The molecule has 0 fully saturated rings. The van der Waals surface area contributed by atoms with Crippen LogP contribution in [-0.4, -0.2) is 5.78 Å². The molecular weight excluding hydrogens is 328 g/mol. The summed E-state index contributed by atoms with van der Waals surface area (Å²) in [6.07, 6.45) is 1.31. The van der Waals surface area contributed by atoms with Crippen molar-refractivity contribution in [2.24, 2.45) is 0 Å². The summed E-state index contributed by atoms with van der Waals surface area (Å²) in [6.45, 7) is 5.84. The van der Waals surface area contributed by atoms with Crippen LogP contribution in [0.15, 0.2) is 26.5 Å². The van der Waals surface area contributed by atoms with E-state index in [4.69, 9.17) is 0 Å². The molecule has 1 aromatic rings.